The van der Waals surface area contributed by atoms with Gasteiger partial charge in [-0.2, -0.15) is 0 Å². The molecule has 25 heavy (non-hydrogen) atoms. The molecule has 1 aliphatic heterocycles. The third-order valence-corrected chi connectivity index (χ3v) is 3.90. The van der Waals surface area contributed by atoms with Gasteiger partial charge >= 0.3 is 6.03 Å². The third-order valence-electron chi connectivity index (χ3n) is 3.90. The quantitative estimate of drug-likeness (QED) is 0.802. The molecule has 0 bridgehead atoms. The number of hydrogen-bond acceptors (Lipinski definition) is 3. The number of carbonyl (C=O) groups excluding carboxylic acids is 2. The number of piperazine rings is 1. The zero-order valence-corrected chi connectivity index (χ0v) is 13.6. The normalized spacial score (nSPS) is 14.0. The lowest BCUT2D eigenvalue weighted by atomic mass is 10.2. The first-order valence-electron chi connectivity index (χ1n) is 8.05. The van der Waals surface area contributed by atoms with Crippen LogP contribution in [0.4, 0.5) is 20.6 Å². The van der Waals surface area contributed by atoms with Gasteiger partial charge in [-0.25, -0.2) is 9.18 Å². The van der Waals surface area contributed by atoms with Crippen molar-refractivity contribution in [3.05, 3.63) is 59.9 Å². The van der Waals surface area contributed by atoms with Crippen molar-refractivity contribution < 1.29 is 14.0 Å². The molecule has 0 unspecified atom stereocenters. The Morgan fingerprint density at radius 3 is 2.08 bits per heavy atom. The van der Waals surface area contributed by atoms with Crippen molar-refractivity contribution in [2.45, 2.75) is 0 Å². The number of benzene rings is 2. The molecule has 3 rings (SSSR count). The average Bonchev–Trinajstić information content (AvgIpc) is 2.65. The van der Waals surface area contributed by atoms with Gasteiger partial charge in [-0.1, -0.05) is 0 Å². The van der Waals surface area contributed by atoms with Crippen LogP contribution >= 0.6 is 0 Å². The van der Waals surface area contributed by atoms with E-state index in [4.69, 9.17) is 0 Å². The maximum Gasteiger partial charge on any atom is 0.321 e. The summed E-state index contributed by atoms with van der Waals surface area (Å²) in [6.45, 7) is 2.92. The van der Waals surface area contributed by atoms with Crippen molar-refractivity contribution in [3.63, 3.8) is 0 Å². The van der Waals surface area contributed by atoms with Crippen molar-refractivity contribution >= 4 is 23.3 Å². The number of carbonyl (C=O) groups is 2. The topological polar surface area (TPSA) is 73.5 Å². The van der Waals surface area contributed by atoms with Gasteiger partial charge in [-0.15, -0.1) is 0 Å². The molecule has 1 heterocycles. The van der Waals surface area contributed by atoms with Gasteiger partial charge in [0.15, 0.2) is 0 Å². The molecule has 130 valence electrons. The van der Waals surface area contributed by atoms with E-state index in [-0.39, 0.29) is 17.8 Å². The molecule has 2 aromatic rings. The Balaban J connectivity index is 1.58. The second kappa shape index (κ2) is 7.76. The highest BCUT2D eigenvalue weighted by atomic mass is 19.1. The lowest BCUT2D eigenvalue weighted by Crippen LogP contribution is -2.48. The van der Waals surface area contributed by atoms with Crippen LogP contribution < -0.4 is 16.0 Å². The van der Waals surface area contributed by atoms with Crippen LogP contribution in [0.3, 0.4) is 0 Å². The minimum Gasteiger partial charge on any atom is -0.322 e. The summed E-state index contributed by atoms with van der Waals surface area (Å²) >= 11 is 0. The largest absolute Gasteiger partial charge is 0.322 e. The van der Waals surface area contributed by atoms with Gasteiger partial charge in [0.05, 0.1) is 0 Å². The summed E-state index contributed by atoms with van der Waals surface area (Å²) in [5, 5.41) is 8.70. The van der Waals surface area contributed by atoms with Crippen LogP contribution in [0.2, 0.25) is 0 Å². The maximum absolute atomic E-state index is 12.9. The highest BCUT2D eigenvalue weighted by molar-refractivity contribution is 6.04. The fourth-order valence-corrected chi connectivity index (χ4v) is 2.51. The number of rotatable bonds is 3. The Bertz CT molecular complexity index is 741. The molecule has 0 aliphatic carbocycles. The summed E-state index contributed by atoms with van der Waals surface area (Å²) in [7, 11) is 0. The molecule has 0 atom stereocenters. The fourth-order valence-electron chi connectivity index (χ4n) is 2.51. The van der Waals surface area contributed by atoms with Crippen molar-refractivity contribution in [2.24, 2.45) is 0 Å². The van der Waals surface area contributed by atoms with E-state index in [1.165, 1.54) is 24.3 Å². The van der Waals surface area contributed by atoms with Gasteiger partial charge in [-0.05, 0) is 48.5 Å². The van der Waals surface area contributed by atoms with Gasteiger partial charge in [-0.3, -0.25) is 4.79 Å². The van der Waals surface area contributed by atoms with Gasteiger partial charge < -0.3 is 20.9 Å². The molecule has 3 N–H and O–H groups in total. The summed E-state index contributed by atoms with van der Waals surface area (Å²) < 4.78 is 12.9. The molecule has 2 aromatic carbocycles. The van der Waals surface area contributed by atoms with E-state index in [1.54, 1.807) is 29.2 Å². The Morgan fingerprint density at radius 2 is 1.44 bits per heavy atom. The lowest BCUT2D eigenvalue weighted by Gasteiger charge is -2.27. The number of urea groups is 1. The lowest BCUT2D eigenvalue weighted by molar-refractivity contribution is 0.102. The van der Waals surface area contributed by atoms with Crippen molar-refractivity contribution in [1.82, 2.24) is 10.2 Å². The number of amides is 3. The minimum atomic E-state index is -0.359. The van der Waals surface area contributed by atoms with E-state index in [0.29, 0.717) is 30.0 Å². The first-order chi connectivity index (χ1) is 12.1. The van der Waals surface area contributed by atoms with Crippen LogP contribution in [0.5, 0.6) is 0 Å². The number of nitrogens with one attached hydrogen (secondary N) is 3. The molecule has 7 heteroatoms. The predicted octanol–water partition coefficient (Wildman–Crippen LogP) is 2.52. The highest BCUT2D eigenvalue weighted by Gasteiger charge is 2.16. The summed E-state index contributed by atoms with van der Waals surface area (Å²) in [6.07, 6.45) is 0. The van der Waals surface area contributed by atoms with Crippen molar-refractivity contribution in [2.75, 3.05) is 36.8 Å². The monoisotopic (exact) mass is 342 g/mol. The molecule has 1 fully saturated rings. The second-order valence-electron chi connectivity index (χ2n) is 5.71. The number of hydrogen-bond donors (Lipinski definition) is 3. The van der Waals surface area contributed by atoms with Gasteiger partial charge in [0, 0.05) is 43.1 Å². The fraction of sp³-hybridized carbons (Fsp3) is 0.222. The van der Waals surface area contributed by atoms with Crippen LogP contribution in [-0.4, -0.2) is 43.0 Å². The number of anilines is 2. The minimum absolute atomic E-state index is 0.148. The molecule has 3 amide bonds. The molecule has 0 saturated carbocycles. The zero-order valence-electron chi connectivity index (χ0n) is 13.6. The van der Waals surface area contributed by atoms with Gasteiger partial charge in [0.25, 0.3) is 5.91 Å². The van der Waals surface area contributed by atoms with E-state index >= 15 is 0 Å². The SMILES string of the molecule is O=C(Nc1ccc(F)cc1)c1ccc(NC(=O)N2CCNCC2)cc1. The number of nitrogens with zero attached hydrogens (tertiary/aromatic N) is 1. The molecule has 0 radical (unpaired) electrons. The van der Waals surface area contributed by atoms with Crippen molar-refractivity contribution in [3.8, 4) is 0 Å². The van der Waals surface area contributed by atoms with Crippen LogP contribution in [0.25, 0.3) is 0 Å². The van der Waals surface area contributed by atoms with Crippen LogP contribution in [0, 0.1) is 5.82 Å². The molecular formula is C18H19FN4O2. The summed E-state index contributed by atoms with van der Waals surface area (Å²) in [5.74, 6) is -0.658. The maximum atomic E-state index is 12.9. The Kier molecular flexibility index (Phi) is 5.25. The molecule has 6 nitrogen and oxygen atoms in total. The van der Waals surface area contributed by atoms with Gasteiger partial charge in [0.2, 0.25) is 0 Å². The van der Waals surface area contributed by atoms with Crippen molar-refractivity contribution in [1.29, 1.82) is 0 Å². The number of halogens is 1. The van der Waals surface area contributed by atoms with Crippen LogP contribution in [-0.2, 0) is 0 Å². The molecule has 1 aliphatic rings. The Morgan fingerprint density at radius 1 is 0.880 bits per heavy atom. The smallest absolute Gasteiger partial charge is 0.321 e. The average molecular weight is 342 g/mol. The zero-order chi connectivity index (χ0) is 17.6. The molecule has 0 spiro atoms. The summed E-state index contributed by atoms with van der Waals surface area (Å²) in [5.41, 5.74) is 1.59. The molecular weight excluding hydrogens is 323 g/mol. The first-order valence-corrected chi connectivity index (χ1v) is 8.05. The standard InChI is InChI=1S/C18H19FN4O2/c19-14-3-7-15(8-4-14)21-17(24)13-1-5-16(6-2-13)22-18(25)23-11-9-20-10-12-23/h1-8,20H,9-12H2,(H,21,24)(H,22,25). The summed E-state index contributed by atoms with van der Waals surface area (Å²) in [6, 6.07) is 12.0. The predicted molar refractivity (Wildman–Crippen MR) is 94.3 cm³/mol. The Hall–Kier alpha value is -2.93. The highest BCUT2D eigenvalue weighted by Crippen LogP contribution is 2.14. The van der Waals surface area contributed by atoms with E-state index in [2.05, 4.69) is 16.0 Å². The Labute approximate surface area is 145 Å². The van der Waals surface area contributed by atoms with Crippen LogP contribution in [0.15, 0.2) is 48.5 Å². The van der Waals surface area contributed by atoms with E-state index in [9.17, 15) is 14.0 Å². The third kappa shape index (κ3) is 4.54. The second-order valence-corrected chi connectivity index (χ2v) is 5.71. The van der Waals surface area contributed by atoms with Gasteiger partial charge in [0.1, 0.15) is 5.82 Å². The van der Waals surface area contributed by atoms with E-state index in [1.807, 2.05) is 0 Å². The van der Waals surface area contributed by atoms with E-state index in [0.717, 1.165) is 13.1 Å². The van der Waals surface area contributed by atoms with E-state index < -0.39 is 0 Å². The first kappa shape index (κ1) is 16.9. The molecule has 0 aromatic heterocycles. The molecule has 1 saturated heterocycles. The van der Waals surface area contributed by atoms with Crippen LogP contribution in [0.1, 0.15) is 10.4 Å². The summed E-state index contributed by atoms with van der Waals surface area (Å²) in [4.78, 5) is 26.0.